The van der Waals surface area contributed by atoms with Crippen molar-refractivity contribution < 1.29 is 9.53 Å². The van der Waals surface area contributed by atoms with Gasteiger partial charge in [0.1, 0.15) is 5.60 Å². The van der Waals surface area contributed by atoms with Gasteiger partial charge < -0.3 is 15.4 Å². The van der Waals surface area contributed by atoms with Gasteiger partial charge in [-0.1, -0.05) is 26.0 Å². The minimum Gasteiger partial charge on any atom is -0.444 e. The Morgan fingerprint density at radius 2 is 1.87 bits per heavy atom. The van der Waals surface area contributed by atoms with Gasteiger partial charge in [-0.2, -0.15) is 0 Å². The molecule has 1 aromatic carbocycles. The lowest BCUT2D eigenvalue weighted by Gasteiger charge is -2.33. The molecule has 1 saturated heterocycles. The van der Waals surface area contributed by atoms with E-state index < -0.39 is 5.60 Å². The summed E-state index contributed by atoms with van der Waals surface area (Å²) >= 11 is 0. The van der Waals surface area contributed by atoms with Crippen LogP contribution in [0.25, 0.3) is 0 Å². The maximum Gasteiger partial charge on any atom is 0.410 e. The number of likely N-dealkylation sites (tertiary alicyclic amines) is 1. The second kappa shape index (κ2) is 6.81. The van der Waals surface area contributed by atoms with Crippen LogP contribution >= 0.6 is 0 Å². The third-order valence-electron chi connectivity index (χ3n) is 4.35. The molecule has 0 atom stereocenters. The number of nitrogens with zero attached hydrogens (tertiary/aromatic N) is 1. The Morgan fingerprint density at radius 3 is 2.39 bits per heavy atom. The van der Waals surface area contributed by atoms with Crippen molar-refractivity contribution in [2.24, 2.45) is 0 Å². The second-order valence-electron chi connectivity index (χ2n) is 7.78. The number of ether oxygens (including phenoxy) is 1. The van der Waals surface area contributed by atoms with Gasteiger partial charge in [-0.15, -0.1) is 0 Å². The molecule has 0 spiro atoms. The molecular weight excluding hydrogens is 288 g/mol. The van der Waals surface area contributed by atoms with E-state index >= 15 is 0 Å². The van der Waals surface area contributed by atoms with E-state index in [1.807, 2.05) is 31.7 Å². The summed E-state index contributed by atoms with van der Waals surface area (Å²) in [6.07, 6.45) is 1.75. The van der Waals surface area contributed by atoms with Crippen LogP contribution in [0.2, 0.25) is 0 Å². The van der Waals surface area contributed by atoms with Crippen LogP contribution in [0.5, 0.6) is 0 Å². The highest BCUT2D eigenvalue weighted by Crippen LogP contribution is 2.32. The lowest BCUT2D eigenvalue weighted by atomic mass is 9.87. The predicted molar refractivity (Wildman–Crippen MR) is 94.7 cm³/mol. The van der Waals surface area contributed by atoms with E-state index in [0.717, 1.165) is 31.6 Å². The normalized spacial score (nSPS) is 16.7. The van der Waals surface area contributed by atoms with E-state index in [9.17, 15) is 4.79 Å². The maximum absolute atomic E-state index is 12.1. The Hall–Kier alpha value is -1.71. The third-order valence-corrected chi connectivity index (χ3v) is 4.35. The molecule has 0 aromatic heterocycles. The highest BCUT2D eigenvalue weighted by molar-refractivity contribution is 5.68. The van der Waals surface area contributed by atoms with E-state index in [0.29, 0.717) is 11.8 Å². The number of hydrogen-bond acceptors (Lipinski definition) is 3. The van der Waals surface area contributed by atoms with Crippen molar-refractivity contribution in [1.29, 1.82) is 0 Å². The minimum atomic E-state index is -0.433. The molecule has 1 heterocycles. The van der Waals surface area contributed by atoms with Crippen LogP contribution in [0.3, 0.4) is 0 Å². The third kappa shape index (κ3) is 4.63. The van der Waals surface area contributed by atoms with Crippen LogP contribution in [-0.4, -0.2) is 29.7 Å². The molecule has 23 heavy (non-hydrogen) atoms. The summed E-state index contributed by atoms with van der Waals surface area (Å²) in [4.78, 5) is 14.0. The summed E-state index contributed by atoms with van der Waals surface area (Å²) < 4.78 is 5.45. The van der Waals surface area contributed by atoms with Crippen LogP contribution in [0.15, 0.2) is 18.2 Å². The lowest BCUT2D eigenvalue weighted by Crippen LogP contribution is -2.41. The van der Waals surface area contributed by atoms with Crippen LogP contribution in [0.4, 0.5) is 10.5 Å². The number of carbonyl (C=O) groups excluding carboxylic acids is 1. The van der Waals surface area contributed by atoms with Gasteiger partial charge in [0, 0.05) is 18.8 Å². The topological polar surface area (TPSA) is 55.6 Å². The van der Waals surface area contributed by atoms with Gasteiger partial charge >= 0.3 is 6.09 Å². The molecular formula is C19H30N2O2. The highest BCUT2D eigenvalue weighted by Gasteiger charge is 2.27. The number of piperidine rings is 1. The van der Waals surface area contributed by atoms with E-state index in [-0.39, 0.29) is 6.09 Å². The minimum absolute atomic E-state index is 0.198. The second-order valence-corrected chi connectivity index (χ2v) is 7.78. The zero-order valence-corrected chi connectivity index (χ0v) is 15.1. The molecule has 4 nitrogen and oxygen atoms in total. The monoisotopic (exact) mass is 318 g/mol. The fourth-order valence-corrected chi connectivity index (χ4v) is 3.07. The van der Waals surface area contributed by atoms with Crippen molar-refractivity contribution in [1.82, 2.24) is 4.90 Å². The summed E-state index contributed by atoms with van der Waals surface area (Å²) in [5, 5.41) is 0. The Kier molecular flexibility index (Phi) is 5.23. The number of amides is 1. The predicted octanol–water partition coefficient (Wildman–Crippen LogP) is 4.51. The number of nitrogen functional groups attached to an aromatic ring is 1. The van der Waals surface area contributed by atoms with Crippen molar-refractivity contribution in [3.8, 4) is 0 Å². The van der Waals surface area contributed by atoms with Crippen molar-refractivity contribution in [3.63, 3.8) is 0 Å². The van der Waals surface area contributed by atoms with E-state index in [2.05, 4.69) is 26.0 Å². The standard InChI is InChI=1S/C19H30N2O2/c1-13(2)16-12-15(6-7-17(16)20)14-8-10-21(11-9-14)18(22)23-19(3,4)5/h6-7,12-14H,8-11,20H2,1-5H3. The Labute approximate surface area is 140 Å². The van der Waals surface area contributed by atoms with Crippen molar-refractivity contribution in [2.45, 2.75) is 64.9 Å². The fraction of sp³-hybridized carbons (Fsp3) is 0.632. The van der Waals surface area contributed by atoms with Gasteiger partial charge in [0.05, 0.1) is 0 Å². The molecule has 0 aliphatic carbocycles. The molecule has 1 aliphatic heterocycles. The van der Waals surface area contributed by atoms with Gasteiger partial charge in [-0.3, -0.25) is 0 Å². The first-order valence-corrected chi connectivity index (χ1v) is 8.54. The average Bonchev–Trinajstić information content (AvgIpc) is 2.46. The highest BCUT2D eigenvalue weighted by atomic mass is 16.6. The zero-order chi connectivity index (χ0) is 17.2. The number of anilines is 1. The van der Waals surface area contributed by atoms with Gasteiger partial charge in [0.15, 0.2) is 0 Å². The molecule has 1 aromatic rings. The van der Waals surface area contributed by atoms with Gasteiger partial charge in [-0.25, -0.2) is 4.79 Å². The van der Waals surface area contributed by atoms with E-state index in [4.69, 9.17) is 10.5 Å². The number of benzene rings is 1. The number of carbonyl (C=O) groups is 1. The molecule has 1 aliphatic rings. The van der Waals surface area contributed by atoms with Crippen LogP contribution in [0, 0.1) is 0 Å². The molecule has 0 saturated carbocycles. The van der Waals surface area contributed by atoms with Crippen LogP contribution in [0.1, 0.15) is 70.4 Å². The molecule has 0 unspecified atom stereocenters. The SMILES string of the molecule is CC(C)c1cc(C2CCN(C(=O)OC(C)(C)C)CC2)ccc1N. The number of nitrogens with two attached hydrogens (primary N) is 1. The molecule has 0 radical (unpaired) electrons. The number of hydrogen-bond donors (Lipinski definition) is 1. The fourth-order valence-electron chi connectivity index (χ4n) is 3.07. The largest absolute Gasteiger partial charge is 0.444 e. The molecule has 4 heteroatoms. The zero-order valence-electron chi connectivity index (χ0n) is 15.1. The summed E-state index contributed by atoms with van der Waals surface area (Å²) in [7, 11) is 0. The van der Waals surface area contributed by atoms with Crippen LogP contribution in [-0.2, 0) is 4.74 Å². The summed E-state index contributed by atoms with van der Waals surface area (Å²) in [5.74, 6) is 0.920. The van der Waals surface area contributed by atoms with Crippen molar-refractivity contribution in [2.75, 3.05) is 18.8 Å². The molecule has 1 fully saturated rings. The molecule has 128 valence electrons. The molecule has 0 bridgehead atoms. The van der Waals surface area contributed by atoms with E-state index in [1.165, 1.54) is 11.1 Å². The summed E-state index contributed by atoms with van der Waals surface area (Å²) in [6, 6.07) is 6.40. The molecule has 2 N–H and O–H groups in total. The van der Waals surface area contributed by atoms with Crippen molar-refractivity contribution in [3.05, 3.63) is 29.3 Å². The van der Waals surface area contributed by atoms with Gasteiger partial charge in [-0.05, 0) is 62.6 Å². The summed E-state index contributed by atoms with van der Waals surface area (Å²) in [6.45, 7) is 11.5. The van der Waals surface area contributed by atoms with E-state index in [1.54, 1.807) is 0 Å². The quantitative estimate of drug-likeness (QED) is 0.816. The Bertz CT molecular complexity index is 553. The van der Waals surface area contributed by atoms with Crippen LogP contribution < -0.4 is 5.73 Å². The molecule has 1 amide bonds. The Balaban J connectivity index is 1.99. The first kappa shape index (κ1) is 17.6. The lowest BCUT2D eigenvalue weighted by molar-refractivity contribution is 0.0205. The smallest absolute Gasteiger partial charge is 0.410 e. The van der Waals surface area contributed by atoms with Crippen molar-refractivity contribution >= 4 is 11.8 Å². The first-order valence-electron chi connectivity index (χ1n) is 8.54. The average molecular weight is 318 g/mol. The van der Waals surface area contributed by atoms with Gasteiger partial charge in [0.2, 0.25) is 0 Å². The first-order chi connectivity index (χ1) is 10.7. The molecule has 2 rings (SSSR count). The maximum atomic E-state index is 12.1. The van der Waals surface area contributed by atoms with Gasteiger partial charge in [0.25, 0.3) is 0 Å². The number of rotatable bonds is 2. The summed E-state index contributed by atoms with van der Waals surface area (Å²) in [5.41, 5.74) is 9.07. The Morgan fingerprint density at radius 1 is 1.26 bits per heavy atom.